The van der Waals surface area contributed by atoms with Crippen molar-refractivity contribution in [3.8, 4) is 0 Å². The highest BCUT2D eigenvalue weighted by Gasteiger charge is 2.01. The quantitative estimate of drug-likeness (QED) is 0.714. The lowest BCUT2D eigenvalue weighted by Gasteiger charge is -2.00. The Morgan fingerprint density at radius 2 is 1.75 bits per heavy atom. The van der Waals surface area contributed by atoms with E-state index in [4.69, 9.17) is 0 Å². The van der Waals surface area contributed by atoms with Gasteiger partial charge in [0.25, 0.3) is 0 Å². The fraction of sp³-hybridized carbons (Fsp3) is 0.769. The molecule has 2 nitrogen and oxygen atoms in total. The van der Waals surface area contributed by atoms with Gasteiger partial charge in [-0.2, -0.15) is 0 Å². The first kappa shape index (κ1) is 15.3. The van der Waals surface area contributed by atoms with Gasteiger partial charge in [-0.3, -0.25) is 0 Å². The summed E-state index contributed by atoms with van der Waals surface area (Å²) in [5.74, 6) is 1.11. The predicted octanol–water partition coefficient (Wildman–Crippen LogP) is 4.29. The highest BCUT2D eigenvalue weighted by molar-refractivity contribution is 6.58. The molecule has 0 saturated heterocycles. The highest BCUT2D eigenvalue weighted by atomic mass is 14.9. The van der Waals surface area contributed by atoms with Gasteiger partial charge in [0.1, 0.15) is 12.5 Å². The molecule has 0 aliphatic heterocycles. The van der Waals surface area contributed by atoms with Gasteiger partial charge >= 0.3 is 0 Å². The molecule has 0 fully saturated rings. The minimum atomic E-state index is 0.986. The molecule has 0 bridgehead atoms. The lowest BCUT2D eigenvalue weighted by molar-refractivity contribution is 0.762. The monoisotopic (exact) mass is 222 g/mol. The normalized spacial score (nSPS) is 9.50. The van der Waals surface area contributed by atoms with Gasteiger partial charge in [0.2, 0.25) is 0 Å². The molecule has 0 aliphatic rings. The second kappa shape index (κ2) is 10.8. The third kappa shape index (κ3) is 7.55. The molecule has 3 heteroatoms. The zero-order valence-electron chi connectivity index (χ0n) is 11.4. The standard InChI is InChI=1S/C7H12N2.C6H15B/c1-2-3-4-7-8-5-6-9-7;1-4-7(5-2)6-3/h5-6H,2-4H2,1H3,(H,8,9);4-6H2,1-3H3. The number of imidazole rings is 1. The van der Waals surface area contributed by atoms with Crippen LogP contribution < -0.4 is 0 Å². The van der Waals surface area contributed by atoms with Crippen LogP contribution in [0.1, 0.15) is 46.4 Å². The summed E-state index contributed by atoms with van der Waals surface area (Å²) in [6, 6.07) is 0. The second-order valence-electron chi connectivity index (χ2n) is 4.23. The van der Waals surface area contributed by atoms with Gasteiger partial charge in [0.15, 0.2) is 0 Å². The number of rotatable bonds is 6. The van der Waals surface area contributed by atoms with Crippen LogP contribution in [0.15, 0.2) is 12.4 Å². The van der Waals surface area contributed by atoms with Gasteiger partial charge in [0, 0.05) is 18.8 Å². The van der Waals surface area contributed by atoms with Crippen LogP contribution in [0.2, 0.25) is 19.0 Å². The van der Waals surface area contributed by atoms with Crippen molar-refractivity contribution < 1.29 is 0 Å². The van der Waals surface area contributed by atoms with Crippen molar-refractivity contribution in [2.75, 3.05) is 0 Å². The molecule has 0 saturated carbocycles. The number of nitrogens with one attached hydrogen (secondary N) is 1. The Morgan fingerprint density at radius 1 is 1.12 bits per heavy atom. The van der Waals surface area contributed by atoms with Gasteiger partial charge in [-0.25, -0.2) is 4.98 Å². The van der Waals surface area contributed by atoms with Crippen molar-refractivity contribution >= 4 is 6.71 Å². The van der Waals surface area contributed by atoms with E-state index in [0.717, 1.165) is 19.0 Å². The van der Waals surface area contributed by atoms with E-state index >= 15 is 0 Å². The van der Waals surface area contributed by atoms with Gasteiger partial charge in [-0.05, 0) is 6.42 Å². The number of nitrogens with zero attached hydrogens (tertiary/aromatic N) is 1. The molecule has 0 amide bonds. The summed E-state index contributed by atoms with van der Waals surface area (Å²) >= 11 is 0. The Hall–Kier alpha value is -0.725. The first-order valence-corrected chi connectivity index (χ1v) is 6.76. The molecule has 1 aromatic heterocycles. The van der Waals surface area contributed by atoms with Crippen LogP contribution in [0, 0.1) is 0 Å². The van der Waals surface area contributed by atoms with Crippen molar-refractivity contribution in [1.29, 1.82) is 0 Å². The van der Waals surface area contributed by atoms with E-state index in [-0.39, 0.29) is 0 Å². The molecule has 0 unspecified atom stereocenters. The maximum Gasteiger partial charge on any atom is 0.139 e. The molecular weight excluding hydrogens is 195 g/mol. The summed E-state index contributed by atoms with van der Waals surface area (Å²) < 4.78 is 0. The van der Waals surface area contributed by atoms with E-state index in [2.05, 4.69) is 37.7 Å². The first-order valence-electron chi connectivity index (χ1n) is 6.76. The summed E-state index contributed by atoms with van der Waals surface area (Å²) in [7, 11) is 0. The van der Waals surface area contributed by atoms with E-state index in [1.807, 2.05) is 6.20 Å². The van der Waals surface area contributed by atoms with Gasteiger partial charge in [-0.15, -0.1) is 0 Å². The summed E-state index contributed by atoms with van der Waals surface area (Å²) in [6.45, 7) is 9.95. The van der Waals surface area contributed by atoms with Gasteiger partial charge in [0.05, 0.1) is 0 Å². The summed E-state index contributed by atoms with van der Waals surface area (Å²) in [5, 5.41) is 0. The summed E-state index contributed by atoms with van der Waals surface area (Å²) in [6.07, 6.45) is 11.3. The third-order valence-electron chi connectivity index (χ3n) is 3.05. The van der Waals surface area contributed by atoms with Crippen molar-refractivity contribution in [3.05, 3.63) is 18.2 Å². The van der Waals surface area contributed by atoms with Crippen molar-refractivity contribution in [2.24, 2.45) is 0 Å². The van der Waals surface area contributed by atoms with Crippen LogP contribution in [0.3, 0.4) is 0 Å². The van der Waals surface area contributed by atoms with Crippen molar-refractivity contribution in [1.82, 2.24) is 9.97 Å². The molecule has 1 aromatic rings. The largest absolute Gasteiger partial charge is 0.349 e. The maximum atomic E-state index is 4.10. The van der Waals surface area contributed by atoms with Gasteiger partial charge in [-0.1, -0.05) is 53.1 Å². The fourth-order valence-corrected chi connectivity index (χ4v) is 1.64. The minimum Gasteiger partial charge on any atom is -0.349 e. The smallest absolute Gasteiger partial charge is 0.139 e. The molecular formula is C13H27BN2. The van der Waals surface area contributed by atoms with E-state index in [1.165, 1.54) is 31.8 Å². The molecule has 0 atom stereocenters. The van der Waals surface area contributed by atoms with Crippen LogP contribution in [-0.2, 0) is 6.42 Å². The summed E-state index contributed by atoms with van der Waals surface area (Å²) in [5.41, 5.74) is 0. The van der Waals surface area contributed by atoms with Crippen LogP contribution in [0.25, 0.3) is 0 Å². The number of unbranched alkanes of at least 4 members (excludes halogenated alkanes) is 1. The minimum absolute atomic E-state index is 0.986. The highest BCUT2D eigenvalue weighted by Crippen LogP contribution is 2.01. The molecule has 0 spiro atoms. The number of aromatic amines is 1. The lowest BCUT2D eigenvalue weighted by atomic mass is 9.44. The molecule has 92 valence electrons. The number of H-pyrrole nitrogens is 1. The third-order valence-corrected chi connectivity index (χ3v) is 3.05. The topological polar surface area (TPSA) is 28.7 Å². The van der Waals surface area contributed by atoms with E-state index in [1.54, 1.807) is 6.20 Å². The predicted molar refractivity (Wildman–Crippen MR) is 74.4 cm³/mol. The van der Waals surface area contributed by atoms with Crippen LogP contribution in [0.4, 0.5) is 0 Å². The van der Waals surface area contributed by atoms with Crippen LogP contribution in [0.5, 0.6) is 0 Å². The molecule has 1 N–H and O–H groups in total. The van der Waals surface area contributed by atoms with E-state index in [0.29, 0.717) is 0 Å². The van der Waals surface area contributed by atoms with Crippen molar-refractivity contribution in [3.63, 3.8) is 0 Å². The zero-order valence-corrected chi connectivity index (χ0v) is 11.4. The molecule has 0 aliphatic carbocycles. The van der Waals surface area contributed by atoms with Crippen molar-refractivity contribution in [2.45, 2.75) is 65.9 Å². The Bertz CT molecular complexity index is 212. The molecule has 16 heavy (non-hydrogen) atoms. The average Bonchev–Trinajstić information content (AvgIpc) is 2.82. The van der Waals surface area contributed by atoms with Crippen LogP contribution in [-0.4, -0.2) is 16.7 Å². The van der Waals surface area contributed by atoms with Gasteiger partial charge < -0.3 is 4.98 Å². The number of aryl methyl sites for hydroxylation is 1. The number of aromatic nitrogens is 2. The molecule has 0 aromatic carbocycles. The summed E-state index contributed by atoms with van der Waals surface area (Å²) in [4.78, 5) is 7.16. The Morgan fingerprint density at radius 3 is 2.06 bits per heavy atom. The van der Waals surface area contributed by atoms with Crippen LogP contribution >= 0.6 is 0 Å². The SMILES string of the molecule is CCB(CC)CC.CCCCc1ncc[nH]1. The van der Waals surface area contributed by atoms with E-state index < -0.39 is 0 Å². The molecule has 1 heterocycles. The lowest BCUT2D eigenvalue weighted by Crippen LogP contribution is -2.04. The first-order chi connectivity index (χ1) is 7.78. The number of hydrogen-bond acceptors (Lipinski definition) is 1. The Balaban J connectivity index is 0.000000293. The van der Waals surface area contributed by atoms with E-state index in [9.17, 15) is 0 Å². The maximum absolute atomic E-state index is 4.10. The number of hydrogen-bond donors (Lipinski definition) is 1. The Labute approximate surface area is 101 Å². The average molecular weight is 222 g/mol. The Kier molecular flexibility index (Phi) is 10.3. The fourth-order valence-electron chi connectivity index (χ4n) is 1.64. The second-order valence-corrected chi connectivity index (χ2v) is 4.23. The zero-order chi connectivity index (χ0) is 12.2. The molecule has 1 rings (SSSR count). The molecule has 0 radical (unpaired) electrons.